The summed E-state index contributed by atoms with van der Waals surface area (Å²) in [5.74, 6) is -1.55. The van der Waals surface area contributed by atoms with E-state index in [0.29, 0.717) is 24.1 Å². The molecule has 0 bridgehead atoms. The van der Waals surface area contributed by atoms with Crippen LogP contribution < -0.4 is 20.2 Å². The van der Waals surface area contributed by atoms with Crippen LogP contribution in [0.1, 0.15) is 40.2 Å². The summed E-state index contributed by atoms with van der Waals surface area (Å²) < 4.78 is 51.7. The summed E-state index contributed by atoms with van der Waals surface area (Å²) in [4.78, 5) is 21.9. The number of hydrogen-bond acceptors (Lipinski definition) is 9. The van der Waals surface area contributed by atoms with E-state index >= 15 is 0 Å². The molecule has 0 aliphatic carbocycles. The van der Waals surface area contributed by atoms with Crippen molar-refractivity contribution in [2.75, 3.05) is 49.2 Å². The highest BCUT2D eigenvalue weighted by molar-refractivity contribution is 5.54. The molecule has 2 fully saturated rings. The zero-order valence-corrected chi connectivity index (χ0v) is 31.4. The van der Waals surface area contributed by atoms with Crippen LogP contribution >= 0.6 is 0 Å². The highest BCUT2D eigenvalue weighted by atomic mass is 19.1. The third-order valence-corrected chi connectivity index (χ3v) is 10.5. The second-order valence-electron chi connectivity index (χ2n) is 15.5. The number of benzene rings is 3. The van der Waals surface area contributed by atoms with Crippen LogP contribution in [0.25, 0.3) is 5.69 Å². The van der Waals surface area contributed by atoms with Gasteiger partial charge in [0.05, 0.1) is 18.8 Å². The maximum atomic E-state index is 14.9. The van der Waals surface area contributed by atoms with Crippen LogP contribution in [-0.4, -0.2) is 74.6 Å². The van der Waals surface area contributed by atoms with Crippen molar-refractivity contribution in [1.82, 2.24) is 29.1 Å². The average molecular weight is 743 g/mol. The van der Waals surface area contributed by atoms with Gasteiger partial charge >= 0.3 is 5.69 Å². The monoisotopic (exact) mass is 742 g/mol. The molecule has 286 valence electrons. The highest BCUT2D eigenvalue weighted by Gasteiger charge is 2.46. The van der Waals surface area contributed by atoms with Gasteiger partial charge in [0.2, 0.25) is 5.79 Å². The fraction of sp³-hybridized carbons (Fsp3) is 0.450. The van der Waals surface area contributed by atoms with Crippen molar-refractivity contribution in [1.29, 1.82) is 0 Å². The Kier molecular flexibility index (Phi) is 10.6. The number of hydrogen-bond donors (Lipinski definition) is 0. The molecule has 12 nitrogen and oxygen atoms in total. The molecule has 0 amide bonds. The molecule has 0 saturated carbocycles. The first-order chi connectivity index (χ1) is 25.9. The maximum Gasteiger partial charge on any atom is 0.350 e. The topological polar surface area (TPSA) is 105 Å². The molecule has 3 atom stereocenters. The van der Waals surface area contributed by atoms with E-state index in [1.165, 1.54) is 29.5 Å². The molecule has 0 radical (unpaired) electrons. The minimum absolute atomic E-state index is 0.0319. The summed E-state index contributed by atoms with van der Waals surface area (Å²) in [6.45, 7) is 15.4. The normalized spacial score (nSPS) is 19.8. The molecule has 2 aliphatic heterocycles. The van der Waals surface area contributed by atoms with Crippen LogP contribution in [0.4, 0.5) is 20.2 Å². The second kappa shape index (κ2) is 15.3. The van der Waals surface area contributed by atoms with Gasteiger partial charge in [-0.25, -0.2) is 32.5 Å². The van der Waals surface area contributed by atoms with E-state index in [4.69, 9.17) is 14.2 Å². The fourth-order valence-electron chi connectivity index (χ4n) is 7.58. The zero-order chi connectivity index (χ0) is 38.0. The van der Waals surface area contributed by atoms with E-state index in [9.17, 15) is 13.6 Å². The third kappa shape index (κ3) is 8.04. The predicted octanol–water partition coefficient (Wildman–Crippen LogP) is 5.90. The van der Waals surface area contributed by atoms with Crippen molar-refractivity contribution in [2.45, 2.75) is 59.6 Å². The van der Waals surface area contributed by atoms with Crippen molar-refractivity contribution in [3.05, 3.63) is 113 Å². The summed E-state index contributed by atoms with van der Waals surface area (Å²) in [6, 6.07) is 19.4. The number of anilines is 2. The zero-order valence-electron chi connectivity index (χ0n) is 31.4. The Hall–Kier alpha value is -5.08. The number of nitrogens with zero attached hydrogens (tertiary/aromatic N) is 8. The van der Waals surface area contributed by atoms with E-state index in [1.54, 1.807) is 15.6 Å². The number of ether oxygens (including phenoxy) is 3. The van der Waals surface area contributed by atoms with Crippen molar-refractivity contribution in [3.63, 3.8) is 0 Å². The number of rotatable bonds is 12. The van der Waals surface area contributed by atoms with E-state index < -0.39 is 23.5 Å². The molecule has 7 rings (SSSR count). The Labute approximate surface area is 313 Å². The van der Waals surface area contributed by atoms with Crippen molar-refractivity contribution in [3.8, 4) is 11.4 Å². The van der Waals surface area contributed by atoms with Crippen LogP contribution in [0.15, 0.2) is 90.5 Å². The van der Waals surface area contributed by atoms with E-state index in [2.05, 4.69) is 71.7 Å². The van der Waals surface area contributed by atoms with Crippen molar-refractivity contribution in [2.24, 2.45) is 17.3 Å². The van der Waals surface area contributed by atoms with Gasteiger partial charge in [0.25, 0.3) is 0 Å². The summed E-state index contributed by atoms with van der Waals surface area (Å²) >= 11 is 0. The molecule has 3 aromatic carbocycles. The number of halogens is 2. The van der Waals surface area contributed by atoms with Gasteiger partial charge < -0.3 is 24.0 Å². The Balaban J connectivity index is 0.915. The Bertz CT molecular complexity index is 2050. The molecule has 2 unspecified atom stereocenters. The minimum Gasteiger partial charge on any atom is -0.491 e. The summed E-state index contributed by atoms with van der Waals surface area (Å²) in [6.07, 6.45) is 3.96. The van der Waals surface area contributed by atoms with Crippen LogP contribution in [0, 0.1) is 28.9 Å². The van der Waals surface area contributed by atoms with Crippen LogP contribution in [0.3, 0.4) is 0 Å². The van der Waals surface area contributed by atoms with Gasteiger partial charge in [-0.1, -0.05) is 34.6 Å². The Morgan fingerprint density at radius 3 is 2.13 bits per heavy atom. The van der Waals surface area contributed by atoms with Gasteiger partial charge in [-0.15, -0.1) is 0 Å². The molecule has 4 heterocycles. The van der Waals surface area contributed by atoms with Crippen LogP contribution in [0.5, 0.6) is 5.75 Å². The number of piperazine rings is 1. The molecule has 0 N–H and O–H groups in total. The lowest BCUT2D eigenvalue weighted by Crippen LogP contribution is -2.46. The first-order valence-electron chi connectivity index (χ1n) is 18.5. The van der Waals surface area contributed by atoms with Gasteiger partial charge in [-0.3, -0.25) is 0 Å². The van der Waals surface area contributed by atoms with Gasteiger partial charge in [0.15, 0.2) is 0 Å². The van der Waals surface area contributed by atoms with E-state index in [0.717, 1.165) is 49.3 Å². The maximum absolute atomic E-state index is 14.9. The average Bonchev–Trinajstić information content (AvgIpc) is 3.90. The molecule has 0 spiro atoms. The van der Waals surface area contributed by atoms with Crippen LogP contribution in [0.2, 0.25) is 0 Å². The lowest BCUT2D eigenvalue weighted by Gasteiger charge is -2.37. The summed E-state index contributed by atoms with van der Waals surface area (Å²) in [5, 5.41) is 8.56. The standard InChI is InChI=1S/C40H48F2N8O4/c1-28(2)36(39(3,4)5)21-50-38(51)49(27-45-50)32-9-7-30(8-10-32)46-16-18-47(19-17-46)31-11-13-33(14-12-31)52-22-34-23-53-40(54-34,24-48-26-43-25-44-48)35-15-6-29(41)20-37(35)42/h6-15,20,25-28,34,36H,16-19,21-24H2,1-5H3/t34-,36?,40?/m0/s1. The first-order valence-corrected chi connectivity index (χ1v) is 18.5. The number of aromatic nitrogens is 6. The lowest BCUT2D eigenvalue weighted by molar-refractivity contribution is -0.192. The molecule has 54 heavy (non-hydrogen) atoms. The largest absolute Gasteiger partial charge is 0.491 e. The molecular weight excluding hydrogens is 694 g/mol. The smallest absolute Gasteiger partial charge is 0.350 e. The third-order valence-electron chi connectivity index (χ3n) is 10.5. The minimum atomic E-state index is -1.51. The first kappa shape index (κ1) is 37.2. The Morgan fingerprint density at radius 2 is 1.54 bits per heavy atom. The lowest BCUT2D eigenvalue weighted by atomic mass is 9.74. The van der Waals surface area contributed by atoms with Gasteiger partial charge in [-0.05, 0) is 77.9 Å². The second-order valence-corrected chi connectivity index (χ2v) is 15.5. The predicted molar refractivity (Wildman–Crippen MR) is 201 cm³/mol. The molecule has 2 aromatic heterocycles. The van der Waals surface area contributed by atoms with E-state index in [-0.39, 0.29) is 36.4 Å². The van der Waals surface area contributed by atoms with Crippen molar-refractivity contribution >= 4 is 11.4 Å². The summed E-state index contributed by atoms with van der Waals surface area (Å²) in [7, 11) is 0. The van der Waals surface area contributed by atoms with Gasteiger partial charge in [0, 0.05) is 49.2 Å². The quantitative estimate of drug-likeness (QED) is 0.155. The fourth-order valence-corrected chi connectivity index (χ4v) is 7.58. The highest BCUT2D eigenvalue weighted by Crippen LogP contribution is 2.38. The molecular formula is C40H48F2N8O4. The Morgan fingerprint density at radius 1 is 0.889 bits per heavy atom. The molecule has 2 saturated heterocycles. The molecule has 2 aliphatic rings. The molecule has 14 heteroatoms. The molecule has 5 aromatic rings. The van der Waals surface area contributed by atoms with E-state index in [1.807, 2.05) is 36.4 Å². The van der Waals surface area contributed by atoms with Gasteiger partial charge in [0.1, 0.15) is 55.6 Å². The summed E-state index contributed by atoms with van der Waals surface area (Å²) in [5.41, 5.74) is 3.03. The van der Waals surface area contributed by atoms with Crippen molar-refractivity contribution < 1.29 is 23.0 Å². The SMILES string of the molecule is CC(C)C(Cn1ncn(-c2ccc(N3CCN(c4ccc(OC[C@H]5COC(Cn6cncn6)(c6ccc(F)cc6F)O5)cc4)CC3)cc2)c1=O)C(C)(C)C. The van der Waals surface area contributed by atoms with Crippen LogP contribution in [-0.2, 0) is 28.4 Å². The van der Waals surface area contributed by atoms with Gasteiger partial charge in [-0.2, -0.15) is 10.2 Å².